The van der Waals surface area contributed by atoms with Crippen LogP contribution < -0.4 is 5.73 Å². The van der Waals surface area contributed by atoms with Gasteiger partial charge in [-0.2, -0.15) is 0 Å². The molecule has 0 bridgehead atoms. The van der Waals surface area contributed by atoms with Gasteiger partial charge in [-0.25, -0.2) is 4.39 Å². The number of likely N-dealkylation sites (N-methyl/N-ethyl adjacent to an activating group) is 1. The van der Waals surface area contributed by atoms with E-state index < -0.39 is 0 Å². The van der Waals surface area contributed by atoms with Gasteiger partial charge in [0.1, 0.15) is 5.82 Å². The van der Waals surface area contributed by atoms with E-state index in [1.165, 1.54) is 4.88 Å². The molecule has 19 heavy (non-hydrogen) atoms. The number of halogens is 2. The second-order valence-electron chi connectivity index (χ2n) is 4.42. The molecule has 0 aliphatic carbocycles. The lowest BCUT2D eigenvalue weighted by Crippen LogP contribution is -2.30. The number of nitrogens with zero attached hydrogens (tertiary/aromatic N) is 1. The Labute approximate surface area is 125 Å². The Morgan fingerprint density at radius 2 is 2.21 bits per heavy atom. The Bertz CT molecular complexity index is 530. The van der Waals surface area contributed by atoms with Gasteiger partial charge < -0.3 is 5.73 Å². The van der Waals surface area contributed by atoms with Crippen LogP contribution in [0.3, 0.4) is 0 Å². The molecule has 0 saturated heterocycles. The highest BCUT2D eigenvalue weighted by Crippen LogP contribution is 2.25. The summed E-state index contributed by atoms with van der Waals surface area (Å²) in [5, 5.41) is 2.06. The average Bonchev–Trinajstić information content (AvgIpc) is 2.87. The molecule has 0 aliphatic rings. The van der Waals surface area contributed by atoms with E-state index >= 15 is 0 Å². The maximum absolute atomic E-state index is 13.6. The average molecular weight is 343 g/mol. The Kier molecular flexibility index (Phi) is 5.10. The first-order chi connectivity index (χ1) is 9.11. The lowest BCUT2D eigenvalue weighted by molar-refractivity contribution is 0.243. The first-order valence-electron chi connectivity index (χ1n) is 5.99. The zero-order valence-electron chi connectivity index (χ0n) is 10.6. The molecule has 0 amide bonds. The van der Waals surface area contributed by atoms with E-state index in [2.05, 4.69) is 32.3 Å². The predicted molar refractivity (Wildman–Crippen MR) is 81.7 cm³/mol. The fourth-order valence-electron chi connectivity index (χ4n) is 2.05. The lowest BCUT2D eigenvalue weighted by Gasteiger charge is -2.27. The number of benzene rings is 1. The van der Waals surface area contributed by atoms with Crippen LogP contribution in [0.4, 0.5) is 4.39 Å². The molecule has 2 aromatic rings. The molecule has 102 valence electrons. The molecule has 0 fully saturated rings. The van der Waals surface area contributed by atoms with E-state index in [0.29, 0.717) is 11.0 Å². The number of rotatable bonds is 5. The molecular weight excluding hydrogens is 327 g/mol. The monoisotopic (exact) mass is 342 g/mol. The Balaban J connectivity index is 2.16. The van der Waals surface area contributed by atoms with Gasteiger partial charge in [-0.3, -0.25) is 4.90 Å². The molecule has 1 atom stereocenters. The molecule has 2 N–H and O–H groups in total. The van der Waals surface area contributed by atoms with Crippen LogP contribution in [0.15, 0.2) is 40.2 Å². The first kappa shape index (κ1) is 14.7. The summed E-state index contributed by atoms with van der Waals surface area (Å²) in [7, 11) is 2.01. The highest BCUT2D eigenvalue weighted by molar-refractivity contribution is 9.10. The first-order valence-corrected chi connectivity index (χ1v) is 7.66. The molecule has 0 radical (unpaired) electrons. The number of nitrogens with two attached hydrogens (primary N) is 1. The third-order valence-electron chi connectivity index (χ3n) is 3.07. The van der Waals surface area contributed by atoms with Crippen molar-refractivity contribution >= 4 is 27.3 Å². The summed E-state index contributed by atoms with van der Waals surface area (Å²) >= 11 is 4.88. The smallest absolute Gasteiger partial charge is 0.137 e. The molecule has 1 unspecified atom stereocenters. The molecular formula is C14H16BrFN2S. The molecule has 0 spiro atoms. The highest BCUT2D eigenvalue weighted by Gasteiger charge is 2.17. The standard InChI is InChI=1S/C14H16BrFN2S/c1-18(9-11-3-2-6-19-11)14(8-17)10-4-5-12(15)13(16)7-10/h2-7,14H,8-9,17H2,1H3. The summed E-state index contributed by atoms with van der Waals surface area (Å²) in [6, 6.07) is 9.33. The maximum atomic E-state index is 13.6. The van der Waals surface area contributed by atoms with Crippen LogP contribution in [-0.2, 0) is 6.54 Å². The van der Waals surface area contributed by atoms with E-state index in [4.69, 9.17) is 5.73 Å². The van der Waals surface area contributed by atoms with E-state index in [1.807, 2.05) is 19.2 Å². The molecule has 2 rings (SSSR count). The number of hydrogen-bond acceptors (Lipinski definition) is 3. The van der Waals surface area contributed by atoms with E-state index in [0.717, 1.165) is 12.1 Å². The summed E-state index contributed by atoms with van der Waals surface area (Å²) in [6.45, 7) is 1.28. The number of thiophene rings is 1. The molecule has 1 aromatic heterocycles. The van der Waals surface area contributed by atoms with Gasteiger partial charge in [0.15, 0.2) is 0 Å². The van der Waals surface area contributed by atoms with E-state index in [9.17, 15) is 4.39 Å². The summed E-state index contributed by atoms with van der Waals surface area (Å²) in [4.78, 5) is 3.42. The minimum Gasteiger partial charge on any atom is -0.329 e. The van der Waals surface area contributed by atoms with Gasteiger partial charge in [-0.15, -0.1) is 11.3 Å². The van der Waals surface area contributed by atoms with Gasteiger partial charge in [-0.1, -0.05) is 12.1 Å². The van der Waals surface area contributed by atoms with Crippen LogP contribution in [0.2, 0.25) is 0 Å². The minimum absolute atomic E-state index is 0.0182. The predicted octanol–water partition coefficient (Wildman–Crippen LogP) is 3.78. The van der Waals surface area contributed by atoms with E-state index in [-0.39, 0.29) is 11.9 Å². The van der Waals surface area contributed by atoms with Crippen LogP contribution in [0.1, 0.15) is 16.5 Å². The van der Waals surface area contributed by atoms with Crippen molar-refractivity contribution in [2.75, 3.05) is 13.6 Å². The van der Waals surface area contributed by atoms with Crippen LogP contribution in [0.5, 0.6) is 0 Å². The topological polar surface area (TPSA) is 29.3 Å². The molecule has 0 saturated carbocycles. The van der Waals surface area contributed by atoms with Gasteiger partial charge in [-0.05, 0) is 52.1 Å². The van der Waals surface area contributed by atoms with Gasteiger partial charge in [0, 0.05) is 24.0 Å². The van der Waals surface area contributed by atoms with Crippen molar-refractivity contribution in [1.29, 1.82) is 0 Å². The Morgan fingerprint density at radius 3 is 2.79 bits per heavy atom. The van der Waals surface area contributed by atoms with Crippen molar-refractivity contribution in [3.8, 4) is 0 Å². The molecule has 2 nitrogen and oxygen atoms in total. The van der Waals surface area contributed by atoms with Gasteiger partial charge in [0.25, 0.3) is 0 Å². The summed E-state index contributed by atoms with van der Waals surface area (Å²) in [5.41, 5.74) is 6.76. The van der Waals surface area contributed by atoms with Crippen molar-refractivity contribution in [1.82, 2.24) is 4.90 Å². The van der Waals surface area contributed by atoms with Crippen molar-refractivity contribution in [2.24, 2.45) is 5.73 Å². The van der Waals surface area contributed by atoms with Crippen LogP contribution in [0, 0.1) is 5.82 Å². The minimum atomic E-state index is -0.250. The zero-order chi connectivity index (χ0) is 13.8. The highest BCUT2D eigenvalue weighted by atomic mass is 79.9. The SMILES string of the molecule is CN(Cc1cccs1)C(CN)c1ccc(Br)c(F)c1. The van der Waals surface area contributed by atoms with Crippen molar-refractivity contribution < 1.29 is 4.39 Å². The lowest BCUT2D eigenvalue weighted by atomic mass is 10.1. The second kappa shape index (κ2) is 6.61. The molecule has 0 aliphatic heterocycles. The third-order valence-corrected chi connectivity index (χ3v) is 4.57. The maximum Gasteiger partial charge on any atom is 0.137 e. The van der Waals surface area contributed by atoms with Crippen LogP contribution in [0.25, 0.3) is 0 Å². The zero-order valence-corrected chi connectivity index (χ0v) is 13.0. The van der Waals surface area contributed by atoms with Crippen molar-refractivity contribution in [2.45, 2.75) is 12.6 Å². The van der Waals surface area contributed by atoms with Crippen molar-refractivity contribution in [3.63, 3.8) is 0 Å². The number of hydrogen-bond donors (Lipinski definition) is 1. The van der Waals surface area contributed by atoms with Gasteiger partial charge >= 0.3 is 0 Å². The van der Waals surface area contributed by atoms with E-state index in [1.54, 1.807) is 23.5 Å². The third kappa shape index (κ3) is 3.63. The molecule has 5 heteroatoms. The van der Waals surface area contributed by atoms with Crippen LogP contribution in [-0.4, -0.2) is 18.5 Å². The normalized spacial score (nSPS) is 12.9. The molecule has 1 aromatic carbocycles. The second-order valence-corrected chi connectivity index (χ2v) is 6.31. The summed E-state index contributed by atoms with van der Waals surface area (Å²) < 4.78 is 14.1. The van der Waals surface area contributed by atoms with Crippen molar-refractivity contribution in [3.05, 3.63) is 56.4 Å². The molecule has 1 heterocycles. The van der Waals surface area contributed by atoms with Gasteiger partial charge in [0.2, 0.25) is 0 Å². The fraction of sp³-hybridized carbons (Fsp3) is 0.286. The summed E-state index contributed by atoms with van der Waals surface area (Å²) in [6.07, 6.45) is 0. The van der Waals surface area contributed by atoms with Crippen LogP contribution >= 0.6 is 27.3 Å². The largest absolute Gasteiger partial charge is 0.329 e. The Morgan fingerprint density at radius 1 is 1.42 bits per heavy atom. The fourth-order valence-corrected chi connectivity index (χ4v) is 3.06. The summed E-state index contributed by atoms with van der Waals surface area (Å²) in [5.74, 6) is -0.250. The van der Waals surface area contributed by atoms with Gasteiger partial charge in [0.05, 0.1) is 4.47 Å². The quantitative estimate of drug-likeness (QED) is 0.895. The Hall–Kier alpha value is -0.750.